The fourth-order valence-corrected chi connectivity index (χ4v) is 5.24. The predicted octanol–water partition coefficient (Wildman–Crippen LogP) is 9.99. The van der Waals surface area contributed by atoms with Crippen molar-refractivity contribution >= 4 is 20.3 Å². The molecule has 6 heteroatoms. The predicted molar refractivity (Wildman–Crippen MR) is 168 cm³/mol. The molecule has 230 valence electrons. The van der Waals surface area contributed by atoms with Gasteiger partial charge in [-0.3, -0.25) is 9.59 Å². The maximum atomic E-state index is 12.1. The fraction of sp³-hybridized carbons (Fsp3) is 0.879. The second-order valence-corrected chi connectivity index (χ2v) is 12.0. The van der Waals surface area contributed by atoms with Gasteiger partial charge in [0.1, 0.15) is 12.7 Å². The summed E-state index contributed by atoms with van der Waals surface area (Å²) in [7, 11) is -0.292. The Bertz CT molecular complexity index is 566. The molecule has 0 amide bonds. The SMILES string of the molecule is CCCCCCCC/C=C\CCCCCCCC(=O)POC(CO)COC(=O)CCCCCCCCCCC. The van der Waals surface area contributed by atoms with Gasteiger partial charge in [0.2, 0.25) is 0 Å². The van der Waals surface area contributed by atoms with E-state index in [4.69, 9.17) is 9.26 Å². The summed E-state index contributed by atoms with van der Waals surface area (Å²) >= 11 is 0. The van der Waals surface area contributed by atoms with Crippen LogP contribution in [0.25, 0.3) is 0 Å². The summed E-state index contributed by atoms with van der Waals surface area (Å²) in [4.78, 5) is 24.1. The molecule has 0 radical (unpaired) electrons. The lowest BCUT2D eigenvalue weighted by Gasteiger charge is -2.15. The highest BCUT2D eigenvalue weighted by molar-refractivity contribution is 7.53. The summed E-state index contributed by atoms with van der Waals surface area (Å²) in [6.07, 6.45) is 31.9. The van der Waals surface area contributed by atoms with Crippen molar-refractivity contribution in [2.24, 2.45) is 0 Å². The molecule has 0 aromatic carbocycles. The summed E-state index contributed by atoms with van der Waals surface area (Å²) in [6, 6.07) is 0. The van der Waals surface area contributed by atoms with Gasteiger partial charge in [0.25, 0.3) is 0 Å². The van der Waals surface area contributed by atoms with Crippen molar-refractivity contribution in [1.29, 1.82) is 0 Å². The van der Waals surface area contributed by atoms with Gasteiger partial charge in [-0.1, -0.05) is 129 Å². The summed E-state index contributed by atoms with van der Waals surface area (Å²) < 4.78 is 10.8. The molecular formula is C33H63O5P. The first-order chi connectivity index (χ1) is 19.1. The van der Waals surface area contributed by atoms with Gasteiger partial charge < -0.3 is 14.4 Å². The van der Waals surface area contributed by atoms with Gasteiger partial charge in [0, 0.05) is 12.8 Å². The molecule has 0 aromatic rings. The lowest BCUT2D eigenvalue weighted by Crippen LogP contribution is -2.23. The van der Waals surface area contributed by atoms with Crippen molar-refractivity contribution in [3.63, 3.8) is 0 Å². The van der Waals surface area contributed by atoms with Gasteiger partial charge in [-0.15, -0.1) is 0 Å². The second kappa shape index (κ2) is 31.8. The standard InChI is InChI=1S/C33H63O5P/c1-3-5-7-9-11-13-14-15-16-17-18-20-22-24-26-28-33(36)39-38-31(29-34)30-37-32(35)27-25-23-21-19-12-10-8-6-4-2/h15-16,31,34,39H,3-14,17-30H2,1-2H3/b16-15-. The number of hydrogen-bond donors (Lipinski definition) is 1. The van der Waals surface area contributed by atoms with Gasteiger partial charge in [-0.05, 0) is 38.5 Å². The Balaban J connectivity index is 3.56. The number of rotatable bonds is 31. The quantitative estimate of drug-likeness (QED) is 0.0388. The molecule has 2 unspecified atom stereocenters. The van der Waals surface area contributed by atoms with E-state index in [0.717, 1.165) is 38.5 Å². The van der Waals surface area contributed by atoms with E-state index in [0.29, 0.717) is 12.8 Å². The topological polar surface area (TPSA) is 72.8 Å². The molecule has 2 atom stereocenters. The van der Waals surface area contributed by atoms with E-state index in [1.54, 1.807) is 0 Å². The third kappa shape index (κ3) is 30.0. The maximum Gasteiger partial charge on any atom is 0.305 e. The largest absolute Gasteiger partial charge is 0.463 e. The van der Waals surface area contributed by atoms with E-state index < -0.39 is 6.10 Å². The van der Waals surface area contributed by atoms with Crippen molar-refractivity contribution in [3.8, 4) is 0 Å². The molecule has 39 heavy (non-hydrogen) atoms. The average Bonchev–Trinajstić information content (AvgIpc) is 2.94. The van der Waals surface area contributed by atoms with Gasteiger partial charge in [-0.25, -0.2) is 0 Å². The zero-order valence-electron chi connectivity index (χ0n) is 25.7. The number of carbonyl (C=O) groups excluding carboxylic acids is 2. The Morgan fingerprint density at radius 2 is 1.08 bits per heavy atom. The Morgan fingerprint density at radius 1 is 0.641 bits per heavy atom. The minimum Gasteiger partial charge on any atom is -0.463 e. The first-order valence-electron chi connectivity index (χ1n) is 16.5. The number of ether oxygens (including phenoxy) is 1. The molecule has 0 aromatic heterocycles. The third-order valence-corrected chi connectivity index (χ3v) is 8.05. The highest BCUT2D eigenvalue weighted by Gasteiger charge is 2.14. The molecule has 5 nitrogen and oxygen atoms in total. The van der Waals surface area contributed by atoms with Crippen molar-refractivity contribution in [2.45, 2.75) is 174 Å². The molecule has 0 saturated heterocycles. The van der Waals surface area contributed by atoms with Gasteiger partial charge in [-0.2, -0.15) is 0 Å². The molecule has 0 spiro atoms. The Labute approximate surface area is 243 Å². The lowest BCUT2D eigenvalue weighted by molar-refractivity contribution is -0.146. The third-order valence-electron chi connectivity index (χ3n) is 7.12. The zero-order valence-corrected chi connectivity index (χ0v) is 26.7. The summed E-state index contributed by atoms with van der Waals surface area (Å²) in [5.41, 5.74) is 0.0760. The first-order valence-corrected chi connectivity index (χ1v) is 17.4. The van der Waals surface area contributed by atoms with Crippen LogP contribution in [-0.4, -0.2) is 35.9 Å². The summed E-state index contributed by atoms with van der Waals surface area (Å²) in [5, 5.41) is 9.49. The second-order valence-electron chi connectivity index (χ2n) is 11.0. The van der Waals surface area contributed by atoms with E-state index >= 15 is 0 Å². The number of carbonyl (C=O) groups is 2. The zero-order chi connectivity index (χ0) is 28.7. The van der Waals surface area contributed by atoms with Crippen molar-refractivity contribution in [2.75, 3.05) is 13.2 Å². The van der Waals surface area contributed by atoms with Crippen LogP contribution in [0, 0.1) is 0 Å². The van der Waals surface area contributed by atoms with E-state index in [1.165, 1.54) is 103 Å². The summed E-state index contributed by atoms with van der Waals surface area (Å²) in [6.45, 7) is 4.25. The number of allylic oxidation sites excluding steroid dienone is 2. The van der Waals surface area contributed by atoms with Gasteiger partial charge >= 0.3 is 5.97 Å². The van der Waals surface area contributed by atoms with E-state index in [1.807, 2.05) is 0 Å². The molecule has 1 N–H and O–H groups in total. The number of aliphatic hydroxyl groups is 1. The first kappa shape index (κ1) is 38.2. The van der Waals surface area contributed by atoms with Crippen LogP contribution in [0.3, 0.4) is 0 Å². The molecule has 0 aliphatic heterocycles. The highest BCUT2D eigenvalue weighted by Crippen LogP contribution is 2.21. The maximum absolute atomic E-state index is 12.1. The number of hydrogen-bond acceptors (Lipinski definition) is 5. The molecule has 0 aliphatic carbocycles. The smallest absolute Gasteiger partial charge is 0.305 e. The van der Waals surface area contributed by atoms with Gasteiger partial charge in [0.15, 0.2) is 5.52 Å². The van der Waals surface area contributed by atoms with Crippen molar-refractivity contribution in [3.05, 3.63) is 12.2 Å². The van der Waals surface area contributed by atoms with Crippen LogP contribution in [-0.2, 0) is 18.8 Å². The van der Waals surface area contributed by atoms with Crippen molar-refractivity contribution in [1.82, 2.24) is 0 Å². The monoisotopic (exact) mass is 570 g/mol. The molecular weight excluding hydrogens is 507 g/mol. The van der Waals surface area contributed by atoms with Crippen LogP contribution in [0.15, 0.2) is 12.2 Å². The van der Waals surface area contributed by atoms with Crippen LogP contribution in [0.1, 0.15) is 168 Å². The van der Waals surface area contributed by atoms with Gasteiger partial charge in [0.05, 0.1) is 15.4 Å². The molecule has 0 bridgehead atoms. The Kier molecular flexibility index (Phi) is 31.1. The summed E-state index contributed by atoms with van der Waals surface area (Å²) in [5.74, 6) is -0.247. The number of esters is 1. The minimum absolute atomic E-state index is 0.0143. The van der Waals surface area contributed by atoms with Crippen molar-refractivity contribution < 1.29 is 24.0 Å². The molecule has 0 aliphatic rings. The van der Waals surface area contributed by atoms with E-state index in [-0.39, 0.29) is 33.5 Å². The van der Waals surface area contributed by atoms with E-state index in [9.17, 15) is 14.7 Å². The fourth-order valence-electron chi connectivity index (χ4n) is 4.52. The van der Waals surface area contributed by atoms with E-state index in [2.05, 4.69) is 26.0 Å². The van der Waals surface area contributed by atoms with Crippen LogP contribution < -0.4 is 0 Å². The average molecular weight is 571 g/mol. The number of unbranched alkanes of at least 4 members (excludes halogenated alkanes) is 19. The molecule has 0 heterocycles. The lowest BCUT2D eigenvalue weighted by atomic mass is 10.1. The highest BCUT2D eigenvalue weighted by atomic mass is 31.1. The Hall–Kier alpha value is -0.770. The van der Waals surface area contributed by atoms with Crippen LogP contribution >= 0.6 is 8.81 Å². The van der Waals surface area contributed by atoms with Crippen LogP contribution in [0.4, 0.5) is 0 Å². The molecule has 0 rings (SSSR count). The Morgan fingerprint density at radius 3 is 1.56 bits per heavy atom. The normalized spacial score (nSPS) is 12.6. The van der Waals surface area contributed by atoms with Crippen LogP contribution in [0.2, 0.25) is 0 Å². The number of aliphatic hydroxyl groups excluding tert-OH is 1. The van der Waals surface area contributed by atoms with Crippen LogP contribution in [0.5, 0.6) is 0 Å². The minimum atomic E-state index is -0.617. The molecule has 0 fully saturated rings. The molecule has 0 saturated carbocycles.